The second kappa shape index (κ2) is 26.1. The Hall–Kier alpha value is -2.17. The molecule has 2 aromatic rings. The Morgan fingerprint density at radius 3 is 1.55 bits per heavy atom. The van der Waals surface area contributed by atoms with Crippen molar-refractivity contribution >= 4 is 11.4 Å². The number of benzene rings is 2. The van der Waals surface area contributed by atoms with Crippen molar-refractivity contribution in [1.29, 1.82) is 0 Å². The van der Waals surface area contributed by atoms with E-state index in [4.69, 9.17) is 0 Å². The van der Waals surface area contributed by atoms with Crippen molar-refractivity contribution in [2.24, 2.45) is 0 Å². The Bertz CT molecular complexity index is 1150. The fourth-order valence-electron chi connectivity index (χ4n) is 6.17. The molecule has 2 rings (SSSR count). The molecule has 0 bridgehead atoms. The quantitative estimate of drug-likeness (QED) is 0.0273. The molecule has 3 heteroatoms. The monoisotopic (exact) mass is 640 g/mol. The molecule has 0 atom stereocenters. The molecule has 2 aromatic carbocycles. The Kier molecular flexibility index (Phi) is 23.6. The fraction of sp³-hybridized carbons (Fsp3) is 0.610. The van der Waals surface area contributed by atoms with Crippen LogP contribution in [0.25, 0.3) is 11.1 Å². The Labute approximate surface area is 281 Å². The SMILES string of the molecule is CCCCCCCCC(C(=C=[N+]=[N-])CCCCCCC)=C(c1cccc(CCCC)c1)c1cccc(CCCCCC)c1.[Ni]. The van der Waals surface area contributed by atoms with Crippen molar-refractivity contribution in [3.05, 3.63) is 87.5 Å². The molecule has 0 spiro atoms. The minimum absolute atomic E-state index is 0. The number of unbranched alkanes of at least 4 members (excludes halogenated alkanes) is 13. The largest absolute Gasteiger partial charge is 0.348 e. The molecule has 0 N–H and O–H groups in total. The number of hydrogen-bond acceptors (Lipinski definition) is 0. The van der Waals surface area contributed by atoms with E-state index in [9.17, 15) is 5.53 Å². The molecule has 0 aromatic heterocycles. The zero-order valence-electron chi connectivity index (χ0n) is 28.7. The molecule has 0 saturated carbocycles. The van der Waals surface area contributed by atoms with Gasteiger partial charge in [-0.1, -0.05) is 160 Å². The fourth-order valence-corrected chi connectivity index (χ4v) is 6.17. The maximum absolute atomic E-state index is 9.81. The first kappa shape index (κ1) is 39.9. The van der Waals surface area contributed by atoms with Crippen LogP contribution in [-0.2, 0) is 29.3 Å². The van der Waals surface area contributed by atoms with Gasteiger partial charge in [0.1, 0.15) is 0 Å². The zero-order valence-corrected chi connectivity index (χ0v) is 29.7. The third kappa shape index (κ3) is 15.7. The molecule has 0 amide bonds. The summed E-state index contributed by atoms with van der Waals surface area (Å²) in [6.07, 6.45) is 25.4. The van der Waals surface area contributed by atoms with Crippen molar-refractivity contribution in [3.63, 3.8) is 0 Å². The second-order valence-electron chi connectivity index (χ2n) is 12.5. The smallest absolute Gasteiger partial charge is 0.303 e. The Balaban J connectivity index is 0.00000968. The molecule has 2 nitrogen and oxygen atoms in total. The normalized spacial score (nSPS) is 11.4. The molecule has 0 saturated heterocycles. The van der Waals surface area contributed by atoms with Gasteiger partial charge < -0.3 is 5.53 Å². The van der Waals surface area contributed by atoms with E-state index >= 15 is 0 Å². The number of nitrogens with zero attached hydrogens (tertiary/aromatic N) is 2. The molecule has 0 aliphatic carbocycles. The van der Waals surface area contributed by atoms with Gasteiger partial charge in [0.15, 0.2) is 0 Å². The van der Waals surface area contributed by atoms with E-state index in [1.165, 1.54) is 130 Å². The average Bonchev–Trinajstić information content (AvgIpc) is 3.03. The summed E-state index contributed by atoms with van der Waals surface area (Å²) in [6.45, 7) is 9.10. The topological polar surface area (TPSA) is 36.4 Å². The van der Waals surface area contributed by atoms with Crippen LogP contribution in [0.15, 0.2) is 59.7 Å². The minimum Gasteiger partial charge on any atom is -0.348 e. The van der Waals surface area contributed by atoms with Gasteiger partial charge in [0.2, 0.25) is 0 Å². The minimum atomic E-state index is 0. The first-order chi connectivity index (χ1) is 21.2. The van der Waals surface area contributed by atoms with Crippen LogP contribution in [0, 0.1) is 0 Å². The predicted molar refractivity (Wildman–Crippen MR) is 189 cm³/mol. The molecule has 0 heterocycles. The predicted octanol–water partition coefficient (Wildman–Crippen LogP) is 12.9. The summed E-state index contributed by atoms with van der Waals surface area (Å²) < 4.78 is 0. The molecule has 246 valence electrons. The van der Waals surface area contributed by atoms with Gasteiger partial charge in [-0.05, 0) is 84.8 Å². The summed E-state index contributed by atoms with van der Waals surface area (Å²) in [5.41, 5.74) is 19.0. The molecule has 0 radical (unpaired) electrons. The van der Waals surface area contributed by atoms with E-state index in [0.717, 1.165) is 44.1 Å². The summed E-state index contributed by atoms with van der Waals surface area (Å²) in [7, 11) is 0. The number of rotatable bonds is 24. The van der Waals surface area contributed by atoms with Crippen molar-refractivity contribution < 1.29 is 21.3 Å². The zero-order chi connectivity index (χ0) is 31.0. The van der Waals surface area contributed by atoms with Crippen LogP contribution >= 0.6 is 0 Å². The number of allylic oxidation sites excluding steroid dienone is 2. The van der Waals surface area contributed by atoms with Gasteiger partial charge in [-0.3, -0.25) is 0 Å². The van der Waals surface area contributed by atoms with Crippen LogP contribution < -0.4 is 0 Å². The van der Waals surface area contributed by atoms with Gasteiger partial charge in [-0.15, -0.1) is 4.79 Å². The maximum Gasteiger partial charge on any atom is 0.303 e. The van der Waals surface area contributed by atoms with E-state index in [2.05, 4.69) is 86.9 Å². The standard InChI is InChI=1S/C41H62N2.Ni/c1-5-9-13-16-18-21-31-40(39(34-43-42)28-20-17-14-10-6-2)41(37-29-22-26-35(32-37)24-12-8-4)38-30-23-27-36(33-38)25-19-15-11-7-3;/h22-23,26-27,29-30,32-33H,5-21,24-25,28,31H2,1-4H3;. The molecule has 0 aliphatic rings. The molecule has 0 aliphatic heterocycles. The molecule has 44 heavy (non-hydrogen) atoms. The van der Waals surface area contributed by atoms with Crippen LogP contribution in [-0.4, -0.2) is 10.7 Å². The van der Waals surface area contributed by atoms with E-state index in [1.807, 2.05) is 0 Å². The van der Waals surface area contributed by atoms with Crippen molar-refractivity contribution in [2.75, 3.05) is 0 Å². The third-order valence-electron chi connectivity index (χ3n) is 8.73. The molecule has 0 unspecified atom stereocenters. The molecular formula is C41H62N2Ni. The summed E-state index contributed by atoms with van der Waals surface area (Å²) in [5.74, 6) is 3.11. The van der Waals surface area contributed by atoms with E-state index in [-0.39, 0.29) is 16.5 Å². The van der Waals surface area contributed by atoms with Crippen LogP contribution in [0.1, 0.15) is 172 Å². The van der Waals surface area contributed by atoms with E-state index < -0.39 is 0 Å². The maximum atomic E-state index is 9.81. The van der Waals surface area contributed by atoms with Gasteiger partial charge in [-0.25, -0.2) is 0 Å². The third-order valence-corrected chi connectivity index (χ3v) is 8.73. The Morgan fingerprint density at radius 2 is 1.02 bits per heavy atom. The number of aryl methyl sites for hydroxylation is 2. The Morgan fingerprint density at radius 1 is 0.568 bits per heavy atom. The second-order valence-corrected chi connectivity index (χ2v) is 12.5. The van der Waals surface area contributed by atoms with Crippen molar-refractivity contribution in [3.8, 4) is 0 Å². The van der Waals surface area contributed by atoms with E-state index in [1.54, 1.807) is 0 Å². The summed E-state index contributed by atoms with van der Waals surface area (Å²) in [5, 5.41) is 0. The number of hydrogen-bond donors (Lipinski definition) is 0. The van der Waals surface area contributed by atoms with Gasteiger partial charge in [0, 0.05) is 16.5 Å². The van der Waals surface area contributed by atoms with Gasteiger partial charge in [-0.2, -0.15) is 0 Å². The molecular weight excluding hydrogens is 579 g/mol. The van der Waals surface area contributed by atoms with Crippen molar-refractivity contribution in [2.45, 2.75) is 163 Å². The van der Waals surface area contributed by atoms with Crippen LogP contribution in [0.5, 0.6) is 0 Å². The average molecular weight is 642 g/mol. The van der Waals surface area contributed by atoms with E-state index in [0.29, 0.717) is 0 Å². The molecule has 0 fully saturated rings. The summed E-state index contributed by atoms with van der Waals surface area (Å²) in [4.78, 5) is 3.52. The van der Waals surface area contributed by atoms with Gasteiger partial charge >= 0.3 is 5.87 Å². The van der Waals surface area contributed by atoms with Crippen molar-refractivity contribution in [1.82, 2.24) is 0 Å². The first-order valence-electron chi connectivity index (χ1n) is 18.1. The van der Waals surface area contributed by atoms with Gasteiger partial charge in [0.25, 0.3) is 0 Å². The van der Waals surface area contributed by atoms with Crippen LogP contribution in [0.2, 0.25) is 0 Å². The van der Waals surface area contributed by atoms with Crippen LogP contribution in [0.4, 0.5) is 0 Å². The van der Waals surface area contributed by atoms with Gasteiger partial charge in [0.05, 0.1) is 5.57 Å². The summed E-state index contributed by atoms with van der Waals surface area (Å²) in [6, 6.07) is 18.6. The van der Waals surface area contributed by atoms with Crippen LogP contribution in [0.3, 0.4) is 0 Å². The first-order valence-corrected chi connectivity index (χ1v) is 18.1. The summed E-state index contributed by atoms with van der Waals surface area (Å²) >= 11 is 0.